The van der Waals surface area contributed by atoms with Gasteiger partial charge in [0.1, 0.15) is 12.4 Å². The van der Waals surface area contributed by atoms with Gasteiger partial charge in [0, 0.05) is 18.4 Å². The maximum atomic E-state index is 12.0. The third-order valence-electron chi connectivity index (χ3n) is 5.50. The van der Waals surface area contributed by atoms with Crippen LogP contribution in [0.1, 0.15) is 52.8 Å². The number of ether oxygens (including phenoxy) is 2. The first-order valence-corrected chi connectivity index (χ1v) is 12.0. The molecule has 33 heavy (non-hydrogen) atoms. The predicted octanol–water partition coefficient (Wildman–Crippen LogP) is 5.39. The lowest BCUT2D eigenvalue weighted by Crippen LogP contribution is -2.35. The number of nitrogens with zero attached hydrogens (tertiary/aromatic N) is 2. The Balaban J connectivity index is 1.56. The van der Waals surface area contributed by atoms with E-state index in [9.17, 15) is 4.79 Å². The van der Waals surface area contributed by atoms with Gasteiger partial charge in [-0.05, 0) is 44.0 Å². The van der Waals surface area contributed by atoms with Gasteiger partial charge in [-0.15, -0.1) is 0 Å². The van der Waals surface area contributed by atoms with E-state index < -0.39 is 0 Å². The van der Waals surface area contributed by atoms with Crippen molar-refractivity contribution in [2.45, 2.75) is 59.9 Å². The van der Waals surface area contributed by atoms with Crippen molar-refractivity contribution >= 4 is 16.9 Å². The van der Waals surface area contributed by atoms with Gasteiger partial charge in [-0.1, -0.05) is 51.5 Å². The van der Waals surface area contributed by atoms with Crippen LogP contribution >= 0.6 is 0 Å². The molecule has 0 aliphatic carbocycles. The highest BCUT2D eigenvalue weighted by molar-refractivity contribution is 5.81. The number of rotatable bonds is 12. The lowest BCUT2D eigenvalue weighted by Gasteiger charge is -2.17. The largest absolute Gasteiger partial charge is 0.490 e. The minimum absolute atomic E-state index is 0.107. The molecule has 6 heteroatoms. The molecule has 1 heterocycles. The minimum Gasteiger partial charge on any atom is -0.490 e. The van der Waals surface area contributed by atoms with Crippen LogP contribution < -0.4 is 14.8 Å². The molecule has 1 amide bonds. The molecule has 3 aromatic rings. The average Bonchev–Trinajstić information content (AvgIpc) is 3.14. The highest BCUT2D eigenvalue weighted by atomic mass is 16.5. The molecular weight excluding hydrogens is 414 g/mol. The van der Waals surface area contributed by atoms with Crippen LogP contribution in [0, 0.1) is 5.41 Å². The summed E-state index contributed by atoms with van der Waals surface area (Å²) in [4.78, 5) is 16.9. The van der Waals surface area contributed by atoms with Crippen molar-refractivity contribution in [2.24, 2.45) is 5.41 Å². The van der Waals surface area contributed by atoms with Crippen LogP contribution in [-0.2, 0) is 17.8 Å². The number of hydrogen-bond donors (Lipinski definition) is 1. The fourth-order valence-electron chi connectivity index (χ4n) is 3.71. The molecule has 0 saturated heterocycles. The number of fused-ring (bicyclic) bond motifs is 1. The molecule has 1 N–H and O–H groups in total. The topological polar surface area (TPSA) is 65.4 Å². The minimum atomic E-state index is -0.337. The summed E-state index contributed by atoms with van der Waals surface area (Å²) in [7, 11) is 0. The second-order valence-electron chi connectivity index (χ2n) is 9.21. The summed E-state index contributed by atoms with van der Waals surface area (Å²) >= 11 is 0. The highest BCUT2D eigenvalue weighted by Gasteiger charge is 2.20. The maximum absolute atomic E-state index is 12.0. The molecule has 0 fully saturated rings. The van der Waals surface area contributed by atoms with Gasteiger partial charge >= 0.3 is 0 Å². The zero-order valence-electron chi connectivity index (χ0n) is 20.4. The van der Waals surface area contributed by atoms with E-state index >= 15 is 0 Å². The number of carbonyl (C=O) groups is 1. The Morgan fingerprint density at radius 2 is 1.67 bits per heavy atom. The molecule has 6 nitrogen and oxygen atoms in total. The number of imidazole rings is 1. The molecule has 0 bridgehead atoms. The van der Waals surface area contributed by atoms with E-state index in [2.05, 4.69) is 22.0 Å². The van der Waals surface area contributed by atoms with Crippen LogP contribution in [0.15, 0.2) is 48.5 Å². The molecular formula is C27H37N3O3. The number of nitrogens with one attached hydrogen (secondary N) is 1. The number of carbonyl (C=O) groups excluding carboxylic acids is 1. The summed E-state index contributed by atoms with van der Waals surface area (Å²) in [5, 5.41) is 3.02. The van der Waals surface area contributed by atoms with Crippen molar-refractivity contribution in [1.29, 1.82) is 0 Å². The van der Waals surface area contributed by atoms with Gasteiger partial charge in [0.2, 0.25) is 5.91 Å². The van der Waals surface area contributed by atoms with E-state index in [0.29, 0.717) is 13.2 Å². The normalized spacial score (nSPS) is 11.5. The Morgan fingerprint density at radius 1 is 0.970 bits per heavy atom. The van der Waals surface area contributed by atoms with Crippen LogP contribution in [0.2, 0.25) is 0 Å². The van der Waals surface area contributed by atoms with Gasteiger partial charge in [-0.2, -0.15) is 0 Å². The third kappa shape index (κ3) is 6.98. The summed E-state index contributed by atoms with van der Waals surface area (Å²) in [6.07, 6.45) is 3.95. The van der Waals surface area contributed by atoms with E-state index in [1.165, 1.54) is 0 Å². The molecule has 0 aliphatic heterocycles. The first kappa shape index (κ1) is 24.6. The summed E-state index contributed by atoms with van der Waals surface area (Å²) in [6.45, 7) is 10.4. The molecule has 0 saturated carbocycles. The van der Waals surface area contributed by atoms with Crippen molar-refractivity contribution in [3.8, 4) is 11.5 Å². The predicted molar refractivity (Wildman–Crippen MR) is 133 cm³/mol. The average molecular weight is 452 g/mol. The van der Waals surface area contributed by atoms with E-state index in [-0.39, 0.29) is 11.3 Å². The quantitative estimate of drug-likeness (QED) is 0.375. The van der Waals surface area contributed by atoms with E-state index in [1.54, 1.807) is 0 Å². The third-order valence-corrected chi connectivity index (χ3v) is 5.50. The van der Waals surface area contributed by atoms with Crippen molar-refractivity contribution in [3.63, 3.8) is 0 Å². The Bertz CT molecular complexity index is 1040. The summed E-state index contributed by atoms with van der Waals surface area (Å²) in [6, 6.07) is 16.0. The fourth-order valence-corrected chi connectivity index (χ4v) is 3.71. The number of amides is 1. The van der Waals surface area contributed by atoms with Gasteiger partial charge < -0.3 is 19.4 Å². The Kier molecular flexibility index (Phi) is 8.75. The van der Waals surface area contributed by atoms with Crippen LogP contribution in [0.5, 0.6) is 11.5 Å². The van der Waals surface area contributed by atoms with Crippen molar-refractivity contribution in [1.82, 2.24) is 14.9 Å². The van der Waals surface area contributed by atoms with Gasteiger partial charge in [0.15, 0.2) is 11.5 Å². The van der Waals surface area contributed by atoms with Gasteiger partial charge in [-0.25, -0.2) is 4.98 Å². The van der Waals surface area contributed by atoms with E-state index in [1.807, 2.05) is 64.1 Å². The second kappa shape index (κ2) is 11.7. The number of unbranched alkanes of at least 4 members (excludes halogenated alkanes) is 2. The van der Waals surface area contributed by atoms with Crippen LogP contribution in [0.3, 0.4) is 0 Å². The Hall–Kier alpha value is -3.02. The molecule has 0 spiro atoms. The number of para-hydroxylation sites is 4. The standard InChI is InChI=1S/C27H37N3O3/c1-5-32-23-15-10-11-16-24(23)33-20-19-30-22-14-9-8-13-21(22)29-25(30)17-7-6-12-18-28-26(31)27(2,3)4/h8-11,13-16H,5-7,12,17-20H2,1-4H3,(H,28,31). The lowest BCUT2D eigenvalue weighted by atomic mass is 9.96. The SMILES string of the molecule is CCOc1ccccc1OCCn1c(CCCCCNC(=O)C(C)(C)C)nc2ccccc21. The molecule has 2 aromatic carbocycles. The summed E-state index contributed by atoms with van der Waals surface area (Å²) < 4.78 is 14.0. The summed E-state index contributed by atoms with van der Waals surface area (Å²) in [5.74, 6) is 2.73. The van der Waals surface area contributed by atoms with E-state index in [0.717, 1.165) is 67.1 Å². The molecule has 178 valence electrons. The van der Waals surface area contributed by atoms with Crippen LogP contribution in [0.4, 0.5) is 0 Å². The number of aryl methyl sites for hydroxylation is 1. The first-order valence-electron chi connectivity index (χ1n) is 12.0. The monoisotopic (exact) mass is 451 g/mol. The van der Waals surface area contributed by atoms with Crippen molar-refractivity contribution in [3.05, 3.63) is 54.4 Å². The molecule has 0 unspecified atom stereocenters. The zero-order chi connectivity index (χ0) is 23.7. The van der Waals surface area contributed by atoms with Crippen molar-refractivity contribution in [2.75, 3.05) is 19.8 Å². The van der Waals surface area contributed by atoms with Crippen molar-refractivity contribution < 1.29 is 14.3 Å². The van der Waals surface area contributed by atoms with Gasteiger partial charge in [0.05, 0.1) is 24.2 Å². The van der Waals surface area contributed by atoms with Crippen LogP contribution in [-0.4, -0.2) is 35.2 Å². The number of benzene rings is 2. The maximum Gasteiger partial charge on any atom is 0.225 e. The van der Waals surface area contributed by atoms with Gasteiger partial charge in [0.25, 0.3) is 0 Å². The Labute approximate surface area is 197 Å². The summed E-state index contributed by atoms with van der Waals surface area (Å²) in [5.41, 5.74) is 1.81. The molecule has 0 atom stereocenters. The van der Waals surface area contributed by atoms with Gasteiger partial charge in [-0.3, -0.25) is 4.79 Å². The lowest BCUT2D eigenvalue weighted by molar-refractivity contribution is -0.128. The van der Waals surface area contributed by atoms with Crippen LogP contribution in [0.25, 0.3) is 11.0 Å². The smallest absolute Gasteiger partial charge is 0.225 e. The number of hydrogen-bond acceptors (Lipinski definition) is 4. The molecule has 1 aromatic heterocycles. The molecule has 0 aliphatic rings. The number of aromatic nitrogens is 2. The Morgan fingerprint density at radius 3 is 2.39 bits per heavy atom. The zero-order valence-corrected chi connectivity index (χ0v) is 20.4. The fraction of sp³-hybridized carbons (Fsp3) is 0.481. The van der Waals surface area contributed by atoms with E-state index in [4.69, 9.17) is 14.5 Å². The molecule has 0 radical (unpaired) electrons. The highest BCUT2D eigenvalue weighted by Crippen LogP contribution is 2.26. The molecule has 3 rings (SSSR count). The second-order valence-corrected chi connectivity index (χ2v) is 9.21. The first-order chi connectivity index (χ1) is 15.9.